The molecule has 0 aromatic heterocycles. The van der Waals surface area contributed by atoms with Crippen molar-refractivity contribution in [3.8, 4) is 0 Å². The van der Waals surface area contributed by atoms with Crippen LogP contribution < -0.4 is 0 Å². The molecule has 0 aliphatic rings. The van der Waals surface area contributed by atoms with Gasteiger partial charge in [0.25, 0.3) is 0 Å². The van der Waals surface area contributed by atoms with Gasteiger partial charge in [0.05, 0.1) is 6.42 Å². The van der Waals surface area contributed by atoms with Gasteiger partial charge < -0.3 is 0 Å². The first-order valence-electron chi connectivity index (χ1n) is 2.39. The summed E-state index contributed by atoms with van der Waals surface area (Å²) in [4.78, 5) is 0. The highest BCUT2D eigenvalue weighted by molar-refractivity contribution is 6.19. The van der Waals surface area contributed by atoms with Gasteiger partial charge in [-0.2, -0.15) is 22.0 Å². The second-order valence-corrected chi connectivity index (χ2v) is 2.27. The van der Waals surface area contributed by atoms with Gasteiger partial charge in [0.2, 0.25) is 0 Å². The van der Waals surface area contributed by atoms with E-state index in [-0.39, 0.29) is 0 Å². The van der Waals surface area contributed by atoms with Gasteiger partial charge in [-0.3, -0.25) is 0 Å². The van der Waals surface area contributed by atoms with E-state index in [1.165, 1.54) is 0 Å². The summed E-state index contributed by atoms with van der Waals surface area (Å²) in [6.07, 6.45) is -7.77. The molecule has 0 N–H and O–H groups in total. The molecule has 0 saturated carbocycles. The Morgan fingerprint density at radius 2 is 1.45 bits per heavy atom. The van der Waals surface area contributed by atoms with Gasteiger partial charge in [0.15, 0.2) is 5.63 Å². The first-order valence-corrected chi connectivity index (χ1v) is 2.83. The Morgan fingerprint density at radius 1 is 1.09 bits per heavy atom. The van der Waals surface area contributed by atoms with Crippen molar-refractivity contribution in [2.75, 3.05) is 0 Å². The van der Waals surface area contributed by atoms with Gasteiger partial charge in [0, 0.05) is 0 Å². The fourth-order valence-electron chi connectivity index (χ4n) is 0.310. The monoisotopic (exact) mass is 200 g/mol. The average Bonchev–Trinajstić information content (AvgIpc) is 1.56. The predicted molar refractivity (Wildman–Crippen MR) is 26.4 cm³/mol. The fraction of sp³-hybridized carbons (Fsp3) is 1.00. The minimum Gasteiger partial charge on any atom is -0.230 e. The molecular formula is C4H3ClF6. The van der Waals surface area contributed by atoms with E-state index in [9.17, 15) is 26.3 Å². The number of hydrogen-bond donors (Lipinski definition) is 0. The van der Waals surface area contributed by atoms with E-state index in [2.05, 4.69) is 11.6 Å². The van der Waals surface area contributed by atoms with Crippen LogP contribution in [0.1, 0.15) is 6.42 Å². The minimum atomic E-state index is -5.73. The van der Waals surface area contributed by atoms with Crippen LogP contribution >= 0.6 is 11.6 Å². The third-order valence-electron chi connectivity index (χ3n) is 0.825. The smallest absolute Gasteiger partial charge is 0.230 e. The molecule has 0 saturated heterocycles. The topological polar surface area (TPSA) is 0 Å². The van der Waals surface area contributed by atoms with E-state index in [0.29, 0.717) is 0 Å². The Hall–Kier alpha value is -0.130. The Labute approximate surface area is 63.1 Å². The van der Waals surface area contributed by atoms with E-state index in [0.717, 1.165) is 0 Å². The zero-order valence-corrected chi connectivity index (χ0v) is 5.69. The van der Waals surface area contributed by atoms with Crippen LogP contribution in [0.4, 0.5) is 26.3 Å². The molecule has 68 valence electrons. The van der Waals surface area contributed by atoms with Crippen LogP contribution in [0.2, 0.25) is 0 Å². The molecule has 0 nitrogen and oxygen atoms in total. The van der Waals surface area contributed by atoms with Crippen LogP contribution in [0.15, 0.2) is 0 Å². The normalized spacial score (nSPS) is 16.6. The van der Waals surface area contributed by atoms with Crippen molar-refractivity contribution in [1.29, 1.82) is 0 Å². The number of alkyl halides is 7. The van der Waals surface area contributed by atoms with Crippen LogP contribution in [0.5, 0.6) is 0 Å². The molecule has 0 fully saturated rings. The minimum absolute atomic E-state index is 2.04. The highest BCUT2D eigenvalue weighted by atomic mass is 35.5. The van der Waals surface area contributed by atoms with Gasteiger partial charge in [-0.15, -0.1) is 0 Å². The molecule has 0 aliphatic carbocycles. The summed E-state index contributed by atoms with van der Waals surface area (Å²) in [5.74, 6) is -5.05. The van der Waals surface area contributed by atoms with Crippen molar-refractivity contribution in [3.05, 3.63) is 0 Å². The Kier molecular flexibility index (Phi) is 3.05. The van der Waals surface area contributed by atoms with Crippen LogP contribution in [0.25, 0.3) is 0 Å². The van der Waals surface area contributed by atoms with Gasteiger partial charge in [-0.25, -0.2) is 4.39 Å². The molecule has 0 heterocycles. The zero-order valence-electron chi connectivity index (χ0n) is 4.93. The average molecular weight is 201 g/mol. The van der Waals surface area contributed by atoms with E-state index >= 15 is 0 Å². The van der Waals surface area contributed by atoms with E-state index in [4.69, 9.17) is 0 Å². The molecule has 11 heavy (non-hydrogen) atoms. The maximum absolute atomic E-state index is 11.7. The van der Waals surface area contributed by atoms with Gasteiger partial charge >= 0.3 is 12.1 Å². The van der Waals surface area contributed by atoms with E-state index in [1.54, 1.807) is 0 Å². The molecule has 0 amide bonds. The second kappa shape index (κ2) is 3.08. The lowest BCUT2D eigenvalue weighted by molar-refractivity contribution is -0.286. The van der Waals surface area contributed by atoms with Crippen LogP contribution in [0.3, 0.4) is 0 Å². The Balaban J connectivity index is 4.22. The number of rotatable bonds is 2. The lowest BCUT2D eigenvalue weighted by Gasteiger charge is -2.18. The summed E-state index contributed by atoms with van der Waals surface area (Å²) in [6.45, 7) is 0. The maximum atomic E-state index is 11.7. The highest BCUT2D eigenvalue weighted by Crippen LogP contribution is 2.39. The molecule has 1 atom stereocenters. The highest BCUT2D eigenvalue weighted by Gasteiger charge is 2.58. The molecule has 0 aromatic carbocycles. The molecule has 0 aliphatic heterocycles. The molecule has 0 bridgehead atoms. The lowest BCUT2D eigenvalue weighted by Crippen LogP contribution is -2.37. The third kappa shape index (κ3) is 3.18. The van der Waals surface area contributed by atoms with Crippen molar-refractivity contribution in [2.24, 2.45) is 0 Å². The third-order valence-corrected chi connectivity index (χ3v) is 0.980. The van der Waals surface area contributed by atoms with Crippen molar-refractivity contribution >= 4 is 11.6 Å². The Bertz CT molecular complexity index is 127. The van der Waals surface area contributed by atoms with Crippen LogP contribution in [-0.2, 0) is 0 Å². The van der Waals surface area contributed by atoms with Gasteiger partial charge in [-0.1, -0.05) is 11.6 Å². The molecule has 0 aromatic rings. The Morgan fingerprint density at radius 3 is 1.55 bits per heavy atom. The van der Waals surface area contributed by atoms with Crippen molar-refractivity contribution in [3.63, 3.8) is 0 Å². The summed E-state index contributed by atoms with van der Waals surface area (Å²) in [5.41, 5.74) is -2.69. The van der Waals surface area contributed by atoms with Crippen molar-refractivity contribution < 1.29 is 26.3 Å². The summed E-state index contributed by atoms with van der Waals surface area (Å²) in [5, 5.41) is 0. The summed E-state index contributed by atoms with van der Waals surface area (Å²) >= 11 is 4.32. The SMILES string of the molecule is FC(Cl)CC(F)(F)C(F)(F)F. The van der Waals surface area contributed by atoms with E-state index in [1.807, 2.05) is 0 Å². The largest absolute Gasteiger partial charge is 0.453 e. The summed E-state index contributed by atoms with van der Waals surface area (Å²) < 4.78 is 68.6. The standard InChI is InChI=1S/C4H3ClF6/c5-2(6)1-3(7,8)4(9,10)11/h2H,1H2. The van der Waals surface area contributed by atoms with Crippen molar-refractivity contribution in [2.45, 2.75) is 24.2 Å². The van der Waals surface area contributed by atoms with Gasteiger partial charge in [0.1, 0.15) is 0 Å². The van der Waals surface area contributed by atoms with Gasteiger partial charge in [-0.05, 0) is 0 Å². The second-order valence-electron chi connectivity index (χ2n) is 1.80. The fourth-order valence-corrected chi connectivity index (χ4v) is 0.503. The van der Waals surface area contributed by atoms with Crippen LogP contribution in [0, 0.1) is 0 Å². The maximum Gasteiger partial charge on any atom is 0.453 e. The zero-order chi connectivity index (χ0) is 9.28. The van der Waals surface area contributed by atoms with Crippen LogP contribution in [-0.4, -0.2) is 17.7 Å². The summed E-state index contributed by atoms with van der Waals surface area (Å²) in [6, 6.07) is 0. The van der Waals surface area contributed by atoms with Crippen molar-refractivity contribution in [1.82, 2.24) is 0 Å². The quantitative estimate of drug-likeness (QED) is 0.475. The lowest BCUT2D eigenvalue weighted by atomic mass is 10.2. The molecule has 0 radical (unpaired) electrons. The summed E-state index contributed by atoms with van der Waals surface area (Å²) in [7, 11) is 0. The van der Waals surface area contributed by atoms with E-state index < -0.39 is 24.2 Å². The molecule has 0 rings (SSSR count). The molecular weight excluding hydrogens is 197 g/mol. The molecule has 0 spiro atoms. The first-order chi connectivity index (χ1) is 4.67. The first kappa shape index (κ1) is 10.9. The molecule has 1 unspecified atom stereocenters. The predicted octanol–water partition coefficient (Wildman–Crippen LogP) is 3.11. The number of hydrogen-bond acceptors (Lipinski definition) is 0. The molecule has 7 heteroatoms. The number of halogens is 7.